The second kappa shape index (κ2) is 4.86. The van der Waals surface area contributed by atoms with Crippen molar-refractivity contribution >= 4 is 44.2 Å². The maximum atomic E-state index is 11.8. The predicted octanol–water partition coefficient (Wildman–Crippen LogP) is 4.32. The molecule has 0 aliphatic carbocycles. The van der Waals surface area contributed by atoms with E-state index < -0.39 is 0 Å². The van der Waals surface area contributed by atoms with Gasteiger partial charge in [0.15, 0.2) is 5.13 Å². The van der Waals surface area contributed by atoms with E-state index in [2.05, 4.69) is 10.3 Å². The Balaban J connectivity index is 2.18. The molecule has 18 heavy (non-hydrogen) atoms. The van der Waals surface area contributed by atoms with E-state index in [9.17, 15) is 4.79 Å². The molecule has 96 valence electrons. The first-order valence-electron chi connectivity index (χ1n) is 5.70. The fraction of sp³-hybridized carbons (Fsp3) is 0.385. The van der Waals surface area contributed by atoms with Gasteiger partial charge in [0.1, 0.15) is 5.52 Å². The Morgan fingerprint density at radius 1 is 1.44 bits per heavy atom. The summed E-state index contributed by atoms with van der Waals surface area (Å²) in [6.07, 6.45) is 0.469. The Morgan fingerprint density at radius 3 is 2.78 bits per heavy atom. The summed E-state index contributed by atoms with van der Waals surface area (Å²) in [7, 11) is 0. The lowest BCUT2D eigenvalue weighted by molar-refractivity contribution is -0.117. The fourth-order valence-electron chi connectivity index (χ4n) is 1.61. The molecule has 2 aromatic rings. The van der Waals surface area contributed by atoms with E-state index >= 15 is 0 Å². The fourth-order valence-corrected chi connectivity index (χ4v) is 2.80. The molecule has 1 aromatic heterocycles. The number of benzene rings is 1. The second-order valence-electron chi connectivity index (χ2n) is 5.39. The quantitative estimate of drug-likeness (QED) is 0.891. The van der Waals surface area contributed by atoms with Gasteiger partial charge in [-0.05, 0) is 17.5 Å². The molecular weight excluding hydrogens is 268 g/mol. The van der Waals surface area contributed by atoms with Crippen LogP contribution < -0.4 is 5.32 Å². The largest absolute Gasteiger partial charge is 0.302 e. The first kappa shape index (κ1) is 13.3. The zero-order chi connectivity index (χ0) is 13.3. The number of thiazole rings is 1. The number of halogens is 1. The third kappa shape index (κ3) is 3.21. The van der Waals surface area contributed by atoms with Crippen LogP contribution in [0.1, 0.15) is 27.2 Å². The highest BCUT2D eigenvalue weighted by molar-refractivity contribution is 7.22. The Bertz CT molecular complexity index is 586. The zero-order valence-corrected chi connectivity index (χ0v) is 12.2. The van der Waals surface area contributed by atoms with Gasteiger partial charge in [0.2, 0.25) is 5.91 Å². The van der Waals surface area contributed by atoms with Crippen LogP contribution in [-0.2, 0) is 4.79 Å². The van der Waals surface area contributed by atoms with Crippen LogP contribution in [0.4, 0.5) is 5.13 Å². The van der Waals surface area contributed by atoms with Crippen LogP contribution in [0, 0.1) is 5.41 Å². The summed E-state index contributed by atoms with van der Waals surface area (Å²) < 4.78 is 0.980. The van der Waals surface area contributed by atoms with Crippen LogP contribution in [0.2, 0.25) is 5.02 Å². The van der Waals surface area contributed by atoms with E-state index in [1.54, 1.807) is 6.07 Å². The molecule has 0 bridgehead atoms. The zero-order valence-electron chi connectivity index (χ0n) is 10.6. The first-order chi connectivity index (χ1) is 8.35. The molecule has 1 N–H and O–H groups in total. The Morgan fingerprint density at radius 2 is 2.17 bits per heavy atom. The maximum absolute atomic E-state index is 11.8. The normalized spacial score (nSPS) is 11.8. The molecule has 0 unspecified atom stereocenters. The molecule has 0 atom stereocenters. The summed E-state index contributed by atoms with van der Waals surface area (Å²) in [5.74, 6) is -0.0160. The molecule has 0 aliphatic heterocycles. The van der Waals surface area contributed by atoms with Crippen molar-refractivity contribution < 1.29 is 4.79 Å². The van der Waals surface area contributed by atoms with Crippen LogP contribution in [0.3, 0.4) is 0 Å². The van der Waals surface area contributed by atoms with Gasteiger partial charge in [-0.25, -0.2) is 4.98 Å². The molecule has 1 heterocycles. The van der Waals surface area contributed by atoms with E-state index in [-0.39, 0.29) is 11.3 Å². The molecule has 0 saturated carbocycles. The van der Waals surface area contributed by atoms with Gasteiger partial charge in [-0.15, -0.1) is 0 Å². The van der Waals surface area contributed by atoms with Gasteiger partial charge in [0.25, 0.3) is 0 Å². The minimum Gasteiger partial charge on any atom is -0.302 e. The van der Waals surface area contributed by atoms with Crippen molar-refractivity contribution in [3.05, 3.63) is 23.2 Å². The summed E-state index contributed by atoms with van der Waals surface area (Å²) in [4.78, 5) is 16.1. The Kier molecular flexibility index (Phi) is 3.59. The van der Waals surface area contributed by atoms with Crippen LogP contribution >= 0.6 is 22.9 Å². The SMILES string of the molecule is CC(C)(C)CC(=O)Nc1nc2c(Cl)cccc2s1. The van der Waals surface area contributed by atoms with Crippen molar-refractivity contribution in [1.29, 1.82) is 0 Å². The number of carbonyl (C=O) groups is 1. The van der Waals surface area contributed by atoms with E-state index in [1.807, 2.05) is 32.9 Å². The van der Waals surface area contributed by atoms with Gasteiger partial charge in [-0.2, -0.15) is 0 Å². The van der Waals surface area contributed by atoms with Crippen molar-refractivity contribution in [3.8, 4) is 0 Å². The number of nitrogens with zero attached hydrogens (tertiary/aromatic N) is 1. The number of fused-ring (bicyclic) bond motifs is 1. The highest BCUT2D eigenvalue weighted by Crippen LogP contribution is 2.31. The average molecular weight is 283 g/mol. The van der Waals surface area contributed by atoms with Crippen molar-refractivity contribution in [3.63, 3.8) is 0 Å². The molecule has 0 spiro atoms. The van der Waals surface area contributed by atoms with E-state index in [4.69, 9.17) is 11.6 Å². The number of carbonyl (C=O) groups excluding carboxylic acids is 1. The molecular formula is C13H15ClN2OS. The number of hydrogen-bond acceptors (Lipinski definition) is 3. The minimum absolute atomic E-state index is 0.0160. The molecule has 0 fully saturated rings. The molecule has 0 saturated heterocycles. The van der Waals surface area contributed by atoms with Crippen LogP contribution in [-0.4, -0.2) is 10.9 Å². The summed E-state index contributed by atoms with van der Waals surface area (Å²) in [5.41, 5.74) is 0.716. The summed E-state index contributed by atoms with van der Waals surface area (Å²) >= 11 is 7.48. The molecule has 5 heteroatoms. The molecule has 3 nitrogen and oxygen atoms in total. The van der Waals surface area contributed by atoms with Crippen molar-refractivity contribution in [2.45, 2.75) is 27.2 Å². The summed E-state index contributed by atoms with van der Waals surface area (Å²) in [6, 6.07) is 5.62. The standard InChI is InChI=1S/C13H15ClN2OS/c1-13(2,3)7-10(17)15-12-16-11-8(14)5-4-6-9(11)18-12/h4-6H,7H2,1-3H3,(H,15,16,17). The average Bonchev–Trinajstić information content (AvgIpc) is 2.58. The first-order valence-corrected chi connectivity index (χ1v) is 6.89. The molecule has 0 aliphatic rings. The maximum Gasteiger partial charge on any atom is 0.226 e. The summed E-state index contributed by atoms with van der Waals surface area (Å²) in [6.45, 7) is 6.09. The third-order valence-electron chi connectivity index (χ3n) is 2.31. The number of anilines is 1. The van der Waals surface area contributed by atoms with Gasteiger partial charge in [-0.3, -0.25) is 4.79 Å². The van der Waals surface area contributed by atoms with Crippen molar-refractivity contribution in [2.75, 3.05) is 5.32 Å². The van der Waals surface area contributed by atoms with Gasteiger partial charge in [0.05, 0.1) is 9.72 Å². The number of nitrogens with one attached hydrogen (secondary N) is 1. The number of amides is 1. The predicted molar refractivity (Wildman–Crippen MR) is 77.3 cm³/mol. The number of hydrogen-bond donors (Lipinski definition) is 1. The van der Waals surface area contributed by atoms with Crippen LogP contribution in [0.15, 0.2) is 18.2 Å². The summed E-state index contributed by atoms with van der Waals surface area (Å²) in [5, 5.41) is 4.04. The van der Waals surface area contributed by atoms with Gasteiger partial charge >= 0.3 is 0 Å². The smallest absolute Gasteiger partial charge is 0.226 e. The van der Waals surface area contributed by atoms with Crippen molar-refractivity contribution in [1.82, 2.24) is 4.98 Å². The van der Waals surface area contributed by atoms with Gasteiger partial charge in [-0.1, -0.05) is 49.8 Å². The Labute approximate surface area is 115 Å². The lowest BCUT2D eigenvalue weighted by Gasteiger charge is -2.16. The number of rotatable bonds is 2. The van der Waals surface area contributed by atoms with E-state index in [0.717, 1.165) is 10.2 Å². The molecule has 0 radical (unpaired) electrons. The monoisotopic (exact) mass is 282 g/mol. The van der Waals surface area contributed by atoms with Crippen LogP contribution in [0.25, 0.3) is 10.2 Å². The highest BCUT2D eigenvalue weighted by atomic mass is 35.5. The van der Waals surface area contributed by atoms with Gasteiger partial charge in [0, 0.05) is 6.42 Å². The molecule has 1 aromatic carbocycles. The topological polar surface area (TPSA) is 42.0 Å². The van der Waals surface area contributed by atoms with E-state index in [0.29, 0.717) is 16.6 Å². The van der Waals surface area contributed by atoms with Gasteiger partial charge < -0.3 is 5.32 Å². The molecule has 2 rings (SSSR count). The van der Waals surface area contributed by atoms with E-state index in [1.165, 1.54) is 11.3 Å². The third-order valence-corrected chi connectivity index (χ3v) is 3.55. The molecule has 1 amide bonds. The lowest BCUT2D eigenvalue weighted by atomic mass is 9.92. The number of para-hydroxylation sites is 1. The van der Waals surface area contributed by atoms with Crippen LogP contribution in [0.5, 0.6) is 0 Å². The minimum atomic E-state index is -0.0294. The lowest BCUT2D eigenvalue weighted by Crippen LogP contribution is -2.19. The highest BCUT2D eigenvalue weighted by Gasteiger charge is 2.17. The second-order valence-corrected chi connectivity index (χ2v) is 6.83. The van der Waals surface area contributed by atoms with Crippen molar-refractivity contribution in [2.24, 2.45) is 5.41 Å². The number of aromatic nitrogens is 1. The Hall–Kier alpha value is -1.13.